The topological polar surface area (TPSA) is 44.1 Å². The first kappa shape index (κ1) is 12.3. The van der Waals surface area contributed by atoms with Crippen LogP contribution in [0.2, 0.25) is 0 Å². The summed E-state index contributed by atoms with van der Waals surface area (Å²) >= 11 is 0. The second-order valence-electron chi connectivity index (χ2n) is 3.31. The monoisotopic (exact) mass is 216 g/mol. The van der Waals surface area contributed by atoms with E-state index in [1.807, 2.05) is 19.9 Å². The van der Waals surface area contributed by atoms with E-state index in [1.165, 1.54) is 0 Å². The molecular weight excluding hydrogens is 200 g/mol. The van der Waals surface area contributed by atoms with Gasteiger partial charge in [0.2, 0.25) is 5.91 Å². The van der Waals surface area contributed by atoms with Crippen LogP contribution in [0.3, 0.4) is 0 Å². The maximum absolute atomic E-state index is 11.4. The first-order valence-corrected chi connectivity index (χ1v) is 5.62. The fourth-order valence-corrected chi connectivity index (χ4v) is 1.66. The summed E-state index contributed by atoms with van der Waals surface area (Å²) in [5.74, 6) is 0.153. The van der Waals surface area contributed by atoms with E-state index in [-0.39, 0.29) is 5.91 Å². The van der Waals surface area contributed by atoms with Crippen LogP contribution in [-0.4, -0.2) is 12.5 Å². The second kappa shape index (κ2) is 5.92. The average molecular weight is 216 g/mol. The van der Waals surface area contributed by atoms with E-state index in [1.54, 1.807) is 23.1 Å². The Morgan fingerprint density at radius 1 is 1.38 bits per heavy atom. The molecule has 1 aromatic rings. The molecule has 1 amide bonds. The number of benzene rings is 1. The van der Waals surface area contributed by atoms with Crippen molar-refractivity contribution in [1.82, 2.24) is 0 Å². The molecule has 16 heavy (non-hydrogen) atoms. The van der Waals surface area contributed by atoms with Crippen molar-refractivity contribution in [2.24, 2.45) is 0 Å². The van der Waals surface area contributed by atoms with Gasteiger partial charge in [0.25, 0.3) is 0 Å². The summed E-state index contributed by atoms with van der Waals surface area (Å²) in [6.07, 6.45) is 1.53. The zero-order valence-corrected chi connectivity index (χ0v) is 9.73. The molecule has 0 N–H and O–H groups in total. The maximum Gasteiger partial charge on any atom is 0.227 e. The maximum atomic E-state index is 11.4. The standard InChI is InChI=1S/C11H10N2O.C2H6/c12-8-9-3-1-4-10(7-9)13-6-2-5-11(13)14;1-2/h1,3-4,7H,2,5-6H2;1-2H3. The summed E-state index contributed by atoms with van der Waals surface area (Å²) in [5, 5.41) is 8.72. The van der Waals surface area contributed by atoms with Crippen LogP contribution in [0.4, 0.5) is 5.69 Å². The van der Waals surface area contributed by atoms with E-state index < -0.39 is 0 Å². The van der Waals surface area contributed by atoms with Gasteiger partial charge in [-0.3, -0.25) is 4.79 Å². The van der Waals surface area contributed by atoms with E-state index in [0.29, 0.717) is 12.0 Å². The summed E-state index contributed by atoms with van der Waals surface area (Å²) < 4.78 is 0. The molecule has 1 aliphatic rings. The van der Waals surface area contributed by atoms with E-state index in [4.69, 9.17) is 5.26 Å². The van der Waals surface area contributed by atoms with Crippen molar-refractivity contribution in [3.63, 3.8) is 0 Å². The molecule has 0 bridgehead atoms. The van der Waals surface area contributed by atoms with Gasteiger partial charge in [-0.05, 0) is 24.6 Å². The Morgan fingerprint density at radius 2 is 2.12 bits per heavy atom. The van der Waals surface area contributed by atoms with Gasteiger partial charge in [0.05, 0.1) is 11.6 Å². The number of hydrogen-bond donors (Lipinski definition) is 0. The van der Waals surface area contributed by atoms with Gasteiger partial charge >= 0.3 is 0 Å². The van der Waals surface area contributed by atoms with Crippen molar-refractivity contribution in [1.29, 1.82) is 5.26 Å². The zero-order valence-electron chi connectivity index (χ0n) is 9.73. The largest absolute Gasteiger partial charge is 0.312 e. The average Bonchev–Trinajstić information content (AvgIpc) is 2.78. The van der Waals surface area contributed by atoms with Crippen LogP contribution in [0.1, 0.15) is 32.3 Å². The molecule has 1 fully saturated rings. The Balaban J connectivity index is 0.000000606. The van der Waals surface area contributed by atoms with Crippen LogP contribution in [0.15, 0.2) is 24.3 Å². The quantitative estimate of drug-likeness (QED) is 0.724. The number of anilines is 1. The third-order valence-electron chi connectivity index (χ3n) is 2.36. The van der Waals surface area contributed by atoms with Crippen LogP contribution in [0.25, 0.3) is 0 Å². The molecule has 1 aliphatic heterocycles. The SMILES string of the molecule is CC.N#Cc1cccc(N2CCCC2=O)c1. The van der Waals surface area contributed by atoms with Gasteiger partial charge in [0.1, 0.15) is 0 Å². The minimum absolute atomic E-state index is 0.153. The van der Waals surface area contributed by atoms with Crippen LogP contribution in [0, 0.1) is 11.3 Å². The molecule has 0 unspecified atom stereocenters. The van der Waals surface area contributed by atoms with E-state index in [9.17, 15) is 4.79 Å². The van der Waals surface area contributed by atoms with Gasteiger partial charge in [-0.15, -0.1) is 0 Å². The summed E-state index contributed by atoms with van der Waals surface area (Å²) in [7, 11) is 0. The minimum atomic E-state index is 0.153. The van der Waals surface area contributed by atoms with Gasteiger partial charge in [-0.1, -0.05) is 19.9 Å². The fourth-order valence-electron chi connectivity index (χ4n) is 1.66. The van der Waals surface area contributed by atoms with Gasteiger partial charge in [0.15, 0.2) is 0 Å². The van der Waals surface area contributed by atoms with Crippen molar-refractivity contribution in [3.8, 4) is 6.07 Å². The minimum Gasteiger partial charge on any atom is -0.312 e. The molecule has 2 rings (SSSR count). The van der Waals surface area contributed by atoms with Gasteiger partial charge in [0, 0.05) is 18.7 Å². The smallest absolute Gasteiger partial charge is 0.227 e. The fraction of sp³-hybridized carbons (Fsp3) is 0.385. The highest BCUT2D eigenvalue weighted by Gasteiger charge is 2.21. The van der Waals surface area contributed by atoms with Crippen molar-refractivity contribution >= 4 is 11.6 Å². The molecule has 1 aromatic carbocycles. The predicted molar refractivity (Wildman–Crippen MR) is 64.1 cm³/mol. The Bertz CT molecular complexity index is 407. The van der Waals surface area contributed by atoms with Gasteiger partial charge in [-0.2, -0.15) is 5.26 Å². The van der Waals surface area contributed by atoms with Gasteiger partial charge < -0.3 is 4.90 Å². The highest BCUT2D eigenvalue weighted by molar-refractivity contribution is 5.95. The van der Waals surface area contributed by atoms with E-state index in [0.717, 1.165) is 18.7 Å². The van der Waals surface area contributed by atoms with Crippen molar-refractivity contribution in [3.05, 3.63) is 29.8 Å². The Morgan fingerprint density at radius 3 is 2.69 bits per heavy atom. The second-order valence-corrected chi connectivity index (χ2v) is 3.31. The lowest BCUT2D eigenvalue weighted by Crippen LogP contribution is -2.23. The molecule has 3 heteroatoms. The summed E-state index contributed by atoms with van der Waals surface area (Å²) in [6.45, 7) is 4.77. The lowest BCUT2D eigenvalue weighted by molar-refractivity contribution is -0.117. The van der Waals surface area contributed by atoms with Crippen LogP contribution in [0.5, 0.6) is 0 Å². The number of nitriles is 1. The Kier molecular flexibility index (Phi) is 4.53. The molecule has 0 saturated carbocycles. The number of nitrogens with zero attached hydrogens (tertiary/aromatic N) is 2. The summed E-state index contributed by atoms with van der Waals surface area (Å²) in [4.78, 5) is 13.2. The van der Waals surface area contributed by atoms with Crippen molar-refractivity contribution in [2.75, 3.05) is 11.4 Å². The first-order chi connectivity index (χ1) is 7.81. The summed E-state index contributed by atoms with van der Waals surface area (Å²) in [6, 6.07) is 9.23. The lowest BCUT2D eigenvalue weighted by atomic mass is 10.2. The van der Waals surface area contributed by atoms with Crippen molar-refractivity contribution < 1.29 is 4.79 Å². The third kappa shape index (κ3) is 2.60. The molecule has 0 atom stereocenters. The van der Waals surface area contributed by atoms with Crippen LogP contribution < -0.4 is 4.90 Å². The molecule has 0 aliphatic carbocycles. The van der Waals surface area contributed by atoms with E-state index >= 15 is 0 Å². The normalized spacial score (nSPS) is 14.1. The number of rotatable bonds is 1. The highest BCUT2D eigenvalue weighted by Crippen LogP contribution is 2.21. The molecule has 0 spiro atoms. The molecule has 84 valence electrons. The molecule has 3 nitrogen and oxygen atoms in total. The number of carbonyl (C=O) groups excluding carboxylic acids is 1. The molecule has 0 radical (unpaired) electrons. The number of carbonyl (C=O) groups is 1. The predicted octanol–water partition coefficient (Wildman–Crippen LogP) is 2.71. The molecule has 0 aromatic heterocycles. The highest BCUT2D eigenvalue weighted by atomic mass is 16.2. The molecular formula is C13H16N2O. The third-order valence-corrected chi connectivity index (χ3v) is 2.36. The van der Waals surface area contributed by atoms with Crippen molar-refractivity contribution in [2.45, 2.75) is 26.7 Å². The van der Waals surface area contributed by atoms with Gasteiger partial charge in [-0.25, -0.2) is 0 Å². The van der Waals surface area contributed by atoms with Crippen LogP contribution in [-0.2, 0) is 4.79 Å². The zero-order chi connectivity index (χ0) is 12.0. The Labute approximate surface area is 96.3 Å². The van der Waals surface area contributed by atoms with Crippen LogP contribution >= 0.6 is 0 Å². The first-order valence-electron chi connectivity index (χ1n) is 5.62. The lowest BCUT2D eigenvalue weighted by Gasteiger charge is -2.15. The number of amides is 1. The Hall–Kier alpha value is -1.82. The number of hydrogen-bond acceptors (Lipinski definition) is 2. The van der Waals surface area contributed by atoms with E-state index in [2.05, 4.69) is 6.07 Å². The molecule has 1 saturated heterocycles. The molecule has 1 heterocycles. The summed E-state index contributed by atoms with van der Waals surface area (Å²) in [5.41, 5.74) is 1.44.